The summed E-state index contributed by atoms with van der Waals surface area (Å²) in [4.78, 5) is 23.8. The second-order valence-corrected chi connectivity index (χ2v) is 9.80. The summed E-state index contributed by atoms with van der Waals surface area (Å²) in [6.45, 7) is 7.17. The zero-order chi connectivity index (χ0) is 24.4. The first-order valence-electron chi connectivity index (χ1n) is 12.4. The van der Waals surface area contributed by atoms with E-state index < -0.39 is 5.60 Å². The summed E-state index contributed by atoms with van der Waals surface area (Å²) >= 11 is 0. The van der Waals surface area contributed by atoms with E-state index in [9.17, 15) is 9.59 Å². The molecule has 0 saturated heterocycles. The lowest BCUT2D eigenvalue weighted by Crippen LogP contribution is -2.32. The van der Waals surface area contributed by atoms with Gasteiger partial charge in [-0.05, 0) is 55.9 Å². The van der Waals surface area contributed by atoms with Gasteiger partial charge in [-0.3, -0.25) is 0 Å². The van der Waals surface area contributed by atoms with Gasteiger partial charge in [0.25, 0.3) is 0 Å². The topological polar surface area (TPSA) is 76.7 Å². The summed E-state index contributed by atoms with van der Waals surface area (Å²) in [7, 11) is 0. The number of alkyl carbamates (subject to hydrolysis) is 2. The molecule has 0 atom stereocenters. The van der Waals surface area contributed by atoms with E-state index in [-0.39, 0.29) is 18.1 Å². The number of carbonyl (C=O) groups excluding carboxylic acids is 2. The predicted molar refractivity (Wildman–Crippen MR) is 135 cm³/mol. The van der Waals surface area contributed by atoms with E-state index in [0.29, 0.717) is 19.7 Å². The van der Waals surface area contributed by atoms with Crippen LogP contribution < -0.4 is 10.6 Å². The van der Waals surface area contributed by atoms with Crippen molar-refractivity contribution in [3.63, 3.8) is 0 Å². The molecule has 2 aromatic carbocycles. The molecule has 6 nitrogen and oxygen atoms in total. The predicted octanol–water partition coefficient (Wildman–Crippen LogP) is 6.39. The number of ether oxygens (including phenoxy) is 2. The summed E-state index contributed by atoms with van der Waals surface area (Å²) in [5.41, 5.74) is 4.44. The Bertz CT molecular complexity index is 906. The van der Waals surface area contributed by atoms with Gasteiger partial charge >= 0.3 is 12.2 Å². The Morgan fingerprint density at radius 2 is 1.21 bits per heavy atom. The van der Waals surface area contributed by atoms with Crippen LogP contribution in [-0.2, 0) is 9.47 Å². The van der Waals surface area contributed by atoms with Gasteiger partial charge in [0.15, 0.2) is 0 Å². The van der Waals surface area contributed by atoms with Crippen LogP contribution in [0.15, 0.2) is 48.5 Å². The SMILES string of the molecule is CC(C)(C)OC(=O)NCCCCCCCCNC(=O)OCC1c2ccccc2-c2ccccc21. The summed E-state index contributed by atoms with van der Waals surface area (Å²) in [6, 6.07) is 16.7. The molecule has 1 aliphatic rings. The van der Waals surface area contributed by atoms with Crippen LogP contribution in [0.4, 0.5) is 9.59 Å². The monoisotopic (exact) mass is 466 g/mol. The van der Waals surface area contributed by atoms with Crippen molar-refractivity contribution in [2.75, 3.05) is 19.7 Å². The molecule has 0 fully saturated rings. The van der Waals surface area contributed by atoms with Crippen LogP contribution in [0.1, 0.15) is 76.3 Å². The molecule has 6 heteroatoms. The molecule has 2 aromatic rings. The highest BCUT2D eigenvalue weighted by atomic mass is 16.6. The van der Waals surface area contributed by atoms with Gasteiger partial charge in [0.2, 0.25) is 0 Å². The van der Waals surface area contributed by atoms with E-state index in [1.54, 1.807) is 0 Å². The van der Waals surface area contributed by atoms with Gasteiger partial charge in [-0.15, -0.1) is 0 Å². The fourth-order valence-electron chi connectivity index (χ4n) is 4.30. The Balaban J connectivity index is 1.23. The minimum atomic E-state index is -0.460. The van der Waals surface area contributed by atoms with Crippen LogP contribution in [0.2, 0.25) is 0 Å². The fourth-order valence-corrected chi connectivity index (χ4v) is 4.30. The maximum Gasteiger partial charge on any atom is 0.407 e. The normalized spacial score (nSPS) is 12.6. The van der Waals surface area contributed by atoms with Crippen molar-refractivity contribution in [1.82, 2.24) is 10.6 Å². The molecule has 0 spiro atoms. The van der Waals surface area contributed by atoms with E-state index >= 15 is 0 Å². The summed E-state index contributed by atoms with van der Waals surface area (Å²) in [5, 5.41) is 5.66. The maximum absolute atomic E-state index is 12.2. The second-order valence-electron chi connectivity index (χ2n) is 9.80. The lowest BCUT2D eigenvalue weighted by molar-refractivity contribution is 0.0527. The standard InChI is InChI=1S/C28H38N2O4/c1-28(2,3)34-27(32)30-19-13-7-5-4-6-12-18-29-26(31)33-20-25-23-16-10-8-14-21(23)22-15-9-11-17-24(22)25/h8-11,14-17,25H,4-7,12-13,18-20H2,1-3H3,(H,29,31)(H,30,32). The van der Waals surface area contributed by atoms with Crippen LogP contribution in [0.25, 0.3) is 11.1 Å². The molecule has 0 saturated carbocycles. The molecule has 1 aliphatic carbocycles. The lowest BCUT2D eigenvalue weighted by Gasteiger charge is -2.19. The van der Waals surface area contributed by atoms with Gasteiger partial charge in [-0.25, -0.2) is 9.59 Å². The van der Waals surface area contributed by atoms with Crippen LogP contribution in [-0.4, -0.2) is 37.5 Å². The van der Waals surface area contributed by atoms with Gasteiger partial charge in [0.05, 0.1) is 0 Å². The van der Waals surface area contributed by atoms with Crippen molar-refractivity contribution in [2.24, 2.45) is 0 Å². The summed E-state index contributed by atoms with van der Waals surface area (Å²) < 4.78 is 10.8. The molecular weight excluding hydrogens is 428 g/mol. The summed E-state index contributed by atoms with van der Waals surface area (Å²) in [6.07, 6.45) is 5.51. The lowest BCUT2D eigenvalue weighted by atomic mass is 9.98. The Morgan fingerprint density at radius 1 is 0.735 bits per heavy atom. The maximum atomic E-state index is 12.2. The summed E-state index contributed by atoms with van der Waals surface area (Å²) in [5.74, 6) is 0.0861. The quantitative estimate of drug-likeness (QED) is 0.376. The third-order valence-corrected chi connectivity index (χ3v) is 5.88. The molecule has 0 heterocycles. The smallest absolute Gasteiger partial charge is 0.407 e. The molecule has 2 N–H and O–H groups in total. The highest BCUT2D eigenvalue weighted by Crippen LogP contribution is 2.44. The number of rotatable bonds is 11. The number of benzene rings is 2. The molecule has 2 amide bonds. The van der Waals surface area contributed by atoms with E-state index in [4.69, 9.17) is 9.47 Å². The van der Waals surface area contributed by atoms with E-state index in [2.05, 4.69) is 34.9 Å². The largest absolute Gasteiger partial charge is 0.449 e. The van der Waals surface area contributed by atoms with Gasteiger partial charge in [0, 0.05) is 19.0 Å². The Hall–Kier alpha value is -3.02. The number of hydrogen-bond acceptors (Lipinski definition) is 4. The molecule has 34 heavy (non-hydrogen) atoms. The van der Waals surface area contributed by atoms with Crippen molar-refractivity contribution in [3.8, 4) is 11.1 Å². The van der Waals surface area contributed by atoms with Crippen LogP contribution >= 0.6 is 0 Å². The molecule has 0 aliphatic heterocycles. The number of unbranched alkanes of at least 4 members (excludes halogenated alkanes) is 5. The zero-order valence-corrected chi connectivity index (χ0v) is 20.7. The molecule has 184 valence electrons. The number of amides is 2. The average Bonchev–Trinajstić information content (AvgIpc) is 3.11. The Kier molecular flexibility index (Phi) is 9.37. The van der Waals surface area contributed by atoms with Crippen molar-refractivity contribution in [3.05, 3.63) is 59.7 Å². The minimum Gasteiger partial charge on any atom is -0.449 e. The number of hydrogen-bond donors (Lipinski definition) is 2. The number of carbonyl (C=O) groups is 2. The van der Waals surface area contributed by atoms with Crippen LogP contribution in [0, 0.1) is 0 Å². The molecule has 0 bridgehead atoms. The number of nitrogens with one attached hydrogen (secondary N) is 2. The Morgan fingerprint density at radius 3 is 1.74 bits per heavy atom. The van der Waals surface area contributed by atoms with Gasteiger partial charge in [-0.1, -0.05) is 74.2 Å². The third-order valence-electron chi connectivity index (χ3n) is 5.88. The minimum absolute atomic E-state index is 0.0861. The molecular formula is C28H38N2O4. The van der Waals surface area contributed by atoms with E-state index in [0.717, 1.165) is 38.5 Å². The third kappa shape index (κ3) is 7.79. The van der Waals surface area contributed by atoms with Crippen LogP contribution in [0.5, 0.6) is 0 Å². The van der Waals surface area contributed by atoms with Gasteiger partial charge in [0.1, 0.15) is 12.2 Å². The first-order valence-corrected chi connectivity index (χ1v) is 12.4. The highest BCUT2D eigenvalue weighted by molar-refractivity contribution is 5.79. The fraction of sp³-hybridized carbons (Fsp3) is 0.500. The first kappa shape index (κ1) is 25.6. The van der Waals surface area contributed by atoms with E-state index in [1.165, 1.54) is 22.3 Å². The van der Waals surface area contributed by atoms with Gasteiger partial charge in [-0.2, -0.15) is 0 Å². The molecule has 0 radical (unpaired) electrons. The highest BCUT2D eigenvalue weighted by Gasteiger charge is 2.28. The zero-order valence-electron chi connectivity index (χ0n) is 20.7. The number of fused-ring (bicyclic) bond motifs is 3. The van der Waals surface area contributed by atoms with E-state index in [1.807, 2.05) is 45.0 Å². The van der Waals surface area contributed by atoms with Crippen LogP contribution in [0.3, 0.4) is 0 Å². The van der Waals surface area contributed by atoms with Crippen molar-refractivity contribution in [2.45, 2.75) is 70.8 Å². The average molecular weight is 467 g/mol. The molecule has 0 aromatic heterocycles. The Labute approximate surface area is 203 Å². The van der Waals surface area contributed by atoms with Crippen molar-refractivity contribution in [1.29, 1.82) is 0 Å². The second kappa shape index (κ2) is 12.4. The van der Waals surface area contributed by atoms with Gasteiger partial charge < -0.3 is 20.1 Å². The van der Waals surface area contributed by atoms with Crippen molar-refractivity contribution >= 4 is 12.2 Å². The first-order chi connectivity index (χ1) is 16.3. The van der Waals surface area contributed by atoms with Crippen molar-refractivity contribution < 1.29 is 19.1 Å². The molecule has 3 rings (SSSR count). The molecule has 0 unspecified atom stereocenters.